The van der Waals surface area contributed by atoms with Crippen LogP contribution in [-0.4, -0.2) is 5.09 Å². The Balaban J connectivity index is 2.12. The number of nitrogens with zero attached hydrogens (tertiary/aromatic N) is 1. The zero-order valence-electron chi connectivity index (χ0n) is 12.1. The zero-order valence-corrected chi connectivity index (χ0v) is 12.9. The summed E-state index contributed by atoms with van der Waals surface area (Å²) in [4.78, 5) is 13.9. The third-order valence-electron chi connectivity index (χ3n) is 3.93. The van der Waals surface area contributed by atoms with Crippen molar-refractivity contribution in [1.82, 2.24) is 0 Å². The van der Waals surface area contributed by atoms with Crippen molar-refractivity contribution in [1.29, 1.82) is 0 Å². The van der Waals surface area contributed by atoms with Crippen molar-refractivity contribution in [3.05, 3.63) is 89.0 Å². The Bertz CT molecular complexity index is 850. The minimum atomic E-state index is -2.36. The highest BCUT2D eigenvalue weighted by Crippen LogP contribution is 2.76. The first kappa shape index (κ1) is 13.8. The summed E-state index contributed by atoms with van der Waals surface area (Å²) in [5.41, 5.74) is 2.01. The standard InChI is InChI=1S/C18H13NO3S/c20-19(21)22-23(14-8-2-1-3-9-14)17-12-6-4-10-15(17)16-11-5-7-13-18(16)23/h1-13H. The van der Waals surface area contributed by atoms with Crippen molar-refractivity contribution in [2.75, 3.05) is 0 Å². The third kappa shape index (κ3) is 1.94. The van der Waals surface area contributed by atoms with Gasteiger partial charge in [0.05, 0.1) is 0 Å². The van der Waals surface area contributed by atoms with E-state index in [4.69, 9.17) is 4.28 Å². The van der Waals surface area contributed by atoms with Crippen LogP contribution in [0.1, 0.15) is 0 Å². The summed E-state index contributed by atoms with van der Waals surface area (Å²) in [6, 6.07) is 25.0. The van der Waals surface area contributed by atoms with E-state index in [2.05, 4.69) is 0 Å². The van der Waals surface area contributed by atoms with Gasteiger partial charge in [-0.05, 0) is 45.7 Å². The Kier molecular flexibility index (Phi) is 3.09. The van der Waals surface area contributed by atoms with E-state index in [0.29, 0.717) is 0 Å². The maximum atomic E-state index is 11.4. The summed E-state index contributed by atoms with van der Waals surface area (Å²) in [6.45, 7) is 0. The van der Waals surface area contributed by atoms with Gasteiger partial charge in [0.1, 0.15) is 0 Å². The quantitative estimate of drug-likeness (QED) is 0.499. The number of fused-ring (bicyclic) bond motifs is 3. The number of benzene rings is 3. The molecule has 0 saturated carbocycles. The SMILES string of the molecule is O=[N+]([O-])OS1(c2ccccc2)c2ccccc2-c2ccccc21. The van der Waals surface area contributed by atoms with Crippen molar-refractivity contribution < 1.29 is 9.37 Å². The van der Waals surface area contributed by atoms with Gasteiger partial charge in [0, 0.05) is 14.7 Å². The smallest absolute Gasteiger partial charge is 0.249 e. The van der Waals surface area contributed by atoms with Crippen LogP contribution in [0.5, 0.6) is 0 Å². The summed E-state index contributed by atoms with van der Waals surface area (Å²) < 4.78 is 5.44. The maximum Gasteiger partial charge on any atom is 0.305 e. The van der Waals surface area contributed by atoms with Crippen molar-refractivity contribution in [3.63, 3.8) is 0 Å². The monoisotopic (exact) mass is 323 g/mol. The van der Waals surface area contributed by atoms with E-state index in [-0.39, 0.29) is 0 Å². The molecule has 0 saturated heterocycles. The lowest BCUT2D eigenvalue weighted by atomic mass is 10.1. The largest absolute Gasteiger partial charge is 0.305 e. The van der Waals surface area contributed by atoms with Crippen LogP contribution < -0.4 is 0 Å². The summed E-state index contributed by atoms with van der Waals surface area (Å²) in [5, 5.41) is 10.7. The molecule has 3 aromatic carbocycles. The predicted octanol–water partition coefficient (Wildman–Crippen LogP) is 5.07. The van der Waals surface area contributed by atoms with E-state index in [1.165, 1.54) is 0 Å². The lowest BCUT2D eigenvalue weighted by Crippen LogP contribution is -2.09. The highest BCUT2D eigenvalue weighted by molar-refractivity contribution is 8.30. The van der Waals surface area contributed by atoms with Gasteiger partial charge >= 0.3 is 5.09 Å². The Labute approximate surface area is 135 Å². The van der Waals surface area contributed by atoms with E-state index in [1.807, 2.05) is 78.9 Å². The molecule has 0 spiro atoms. The number of hydrogen-bond donors (Lipinski definition) is 0. The van der Waals surface area contributed by atoms with E-state index in [1.54, 1.807) is 0 Å². The molecular formula is C18H13NO3S. The average molecular weight is 323 g/mol. The third-order valence-corrected chi connectivity index (χ3v) is 7.16. The average Bonchev–Trinajstić information content (AvgIpc) is 2.87. The van der Waals surface area contributed by atoms with Crippen LogP contribution in [-0.2, 0) is 4.28 Å². The maximum absolute atomic E-state index is 11.4. The first-order valence-corrected chi connectivity index (χ1v) is 8.70. The Hall–Kier alpha value is -2.79. The van der Waals surface area contributed by atoms with Gasteiger partial charge in [0.25, 0.3) is 0 Å². The van der Waals surface area contributed by atoms with Crippen LogP contribution in [0.4, 0.5) is 0 Å². The second-order valence-electron chi connectivity index (χ2n) is 5.16. The molecule has 0 amide bonds. The van der Waals surface area contributed by atoms with E-state index < -0.39 is 15.4 Å². The first-order valence-electron chi connectivity index (χ1n) is 7.14. The molecule has 1 heterocycles. The van der Waals surface area contributed by atoms with Gasteiger partial charge in [-0.15, -0.1) is 10.1 Å². The zero-order chi connectivity index (χ0) is 15.9. The summed E-state index contributed by atoms with van der Waals surface area (Å²) in [7, 11) is -2.36. The van der Waals surface area contributed by atoms with Gasteiger partial charge in [0.2, 0.25) is 0 Å². The molecule has 23 heavy (non-hydrogen) atoms. The minimum absolute atomic E-state index is 0.665. The molecule has 5 heteroatoms. The van der Waals surface area contributed by atoms with Gasteiger partial charge in [-0.3, -0.25) is 0 Å². The molecule has 0 N–H and O–H groups in total. The Morgan fingerprint density at radius 3 is 1.74 bits per heavy atom. The highest BCUT2D eigenvalue weighted by atomic mass is 32.3. The van der Waals surface area contributed by atoms with Gasteiger partial charge in [-0.2, -0.15) is 0 Å². The van der Waals surface area contributed by atoms with Crippen LogP contribution in [0, 0.1) is 10.1 Å². The molecule has 4 rings (SSSR count). The minimum Gasteiger partial charge on any atom is -0.249 e. The molecule has 0 unspecified atom stereocenters. The molecule has 3 aromatic rings. The second-order valence-corrected chi connectivity index (χ2v) is 7.77. The lowest BCUT2D eigenvalue weighted by Gasteiger charge is -2.34. The lowest BCUT2D eigenvalue weighted by molar-refractivity contribution is -0.710. The van der Waals surface area contributed by atoms with Crippen molar-refractivity contribution in [3.8, 4) is 11.1 Å². The molecule has 1 aliphatic heterocycles. The second kappa shape index (κ2) is 5.14. The van der Waals surface area contributed by atoms with Crippen LogP contribution in [0.3, 0.4) is 0 Å². The fraction of sp³-hybridized carbons (Fsp3) is 0. The number of rotatable bonds is 3. The molecule has 4 nitrogen and oxygen atoms in total. The molecule has 0 atom stereocenters. The predicted molar refractivity (Wildman–Crippen MR) is 88.8 cm³/mol. The molecule has 0 radical (unpaired) electrons. The van der Waals surface area contributed by atoms with Crippen LogP contribution in [0.15, 0.2) is 93.5 Å². The van der Waals surface area contributed by atoms with E-state index >= 15 is 0 Å². The van der Waals surface area contributed by atoms with Gasteiger partial charge in [-0.25, -0.2) is 4.28 Å². The fourth-order valence-corrected chi connectivity index (χ4v) is 6.31. The molecule has 114 valence electrons. The summed E-state index contributed by atoms with van der Waals surface area (Å²) in [5.74, 6) is 0. The summed E-state index contributed by atoms with van der Waals surface area (Å²) >= 11 is 0. The first-order chi connectivity index (χ1) is 11.2. The van der Waals surface area contributed by atoms with Gasteiger partial charge in [0.15, 0.2) is 0 Å². The molecule has 1 aliphatic rings. The van der Waals surface area contributed by atoms with Crippen LogP contribution >= 0.6 is 10.3 Å². The molecular weight excluding hydrogens is 310 g/mol. The molecule has 0 aliphatic carbocycles. The van der Waals surface area contributed by atoms with E-state index in [9.17, 15) is 10.1 Å². The molecule has 0 aromatic heterocycles. The normalized spacial score (nSPS) is 15.3. The Morgan fingerprint density at radius 2 is 1.22 bits per heavy atom. The van der Waals surface area contributed by atoms with Gasteiger partial charge < -0.3 is 0 Å². The molecule has 0 bridgehead atoms. The summed E-state index contributed by atoms with van der Waals surface area (Å²) in [6.07, 6.45) is 0. The van der Waals surface area contributed by atoms with Gasteiger partial charge in [-0.1, -0.05) is 54.6 Å². The topological polar surface area (TPSA) is 52.4 Å². The number of hydrogen-bond acceptors (Lipinski definition) is 3. The Morgan fingerprint density at radius 1 is 0.739 bits per heavy atom. The fourth-order valence-electron chi connectivity index (χ4n) is 3.08. The van der Waals surface area contributed by atoms with Crippen LogP contribution in [0.25, 0.3) is 11.1 Å². The van der Waals surface area contributed by atoms with Crippen molar-refractivity contribution >= 4 is 10.3 Å². The van der Waals surface area contributed by atoms with Crippen molar-refractivity contribution in [2.45, 2.75) is 14.7 Å². The van der Waals surface area contributed by atoms with E-state index in [0.717, 1.165) is 25.8 Å². The van der Waals surface area contributed by atoms with Crippen LogP contribution in [0.2, 0.25) is 0 Å². The molecule has 0 fully saturated rings. The van der Waals surface area contributed by atoms with Crippen molar-refractivity contribution in [2.24, 2.45) is 0 Å². The highest BCUT2D eigenvalue weighted by Gasteiger charge is 2.43.